The first-order valence-electron chi connectivity index (χ1n) is 7.39. The van der Waals surface area contributed by atoms with Crippen LogP contribution in [0.2, 0.25) is 0 Å². The molecule has 1 N–H and O–H groups in total. The lowest BCUT2D eigenvalue weighted by molar-refractivity contribution is -0.137. The zero-order chi connectivity index (χ0) is 17.6. The van der Waals surface area contributed by atoms with Crippen LogP contribution in [0, 0.1) is 0 Å². The molecule has 0 fully saturated rings. The van der Waals surface area contributed by atoms with Crippen molar-refractivity contribution in [3.8, 4) is 0 Å². The Balaban J connectivity index is 3.18. The maximum absolute atomic E-state index is 12.5. The molecular formula is C15H22N2O5S. The van der Waals surface area contributed by atoms with Gasteiger partial charge in [0.2, 0.25) is 10.0 Å². The summed E-state index contributed by atoms with van der Waals surface area (Å²) in [6.07, 6.45) is 0. The summed E-state index contributed by atoms with van der Waals surface area (Å²) >= 11 is 0. The van der Waals surface area contributed by atoms with E-state index in [0.29, 0.717) is 13.1 Å². The molecule has 0 saturated heterocycles. The number of carbonyl (C=O) groups excluding carboxylic acids is 1. The number of rotatable bonds is 8. The minimum Gasteiger partial charge on any atom is -0.480 e. The molecule has 0 spiro atoms. The van der Waals surface area contributed by atoms with Crippen molar-refractivity contribution in [2.45, 2.75) is 25.7 Å². The van der Waals surface area contributed by atoms with Crippen LogP contribution in [0.1, 0.15) is 31.1 Å². The summed E-state index contributed by atoms with van der Waals surface area (Å²) in [7, 11) is -3.67. The summed E-state index contributed by atoms with van der Waals surface area (Å²) in [6.45, 7) is 5.59. The molecule has 0 radical (unpaired) electrons. The molecule has 0 aliphatic heterocycles. The Bertz CT molecular complexity index is 668. The van der Waals surface area contributed by atoms with Crippen molar-refractivity contribution in [1.82, 2.24) is 9.21 Å². The lowest BCUT2D eigenvalue weighted by Crippen LogP contribution is -2.35. The number of carboxylic acid groups (broad SMARTS) is 1. The van der Waals surface area contributed by atoms with E-state index in [9.17, 15) is 18.0 Å². The Morgan fingerprint density at radius 2 is 1.70 bits per heavy atom. The fraction of sp³-hybridized carbons (Fsp3) is 0.467. The molecule has 0 atom stereocenters. The molecule has 0 aromatic heterocycles. The molecule has 23 heavy (non-hydrogen) atoms. The smallest absolute Gasteiger partial charge is 0.323 e. The molecule has 7 nitrogen and oxygen atoms in total. The average Bonchev–Trinajstić information content (AvgIpc) is 2.52. The van der Waals surface area contributed by atoms with E-state index in [4.69, 9.17) is 5.11 Å². The van der Waals surface area contributed by atoms with Gasteiger partial charge in [-0.05, 0) is 25.1 Å². The van der Waals surface area contributed by atoms with Crippen LogP contribution >= 0.6 is 0 Å². The van der Waals surface area contributed by atoms with Gasteiger partial charge in [-0.15, -0.1) is 0 Å². The second-order valence-electron chi connectivity index (χ2n) is 4.83. The number of sulfonamides is 1. The van der Waals surface area contributed by atoms with E-state index in [1.54, 1.807) is 20.8 Å². The molecule has 128 valence electrons. The number of nitrogens with zero attached hydrogens (tertiary/aromatic N) is 2. The molecule has 1 amide bonds. The van der Waals surface area contributed by atoms with E-state index in [1.807, 2.05) is 0 Å². The van der Waals surface area contributed by atoms with Crippen LogP contribution in [0.15, 0.2) is 29.2 Å². The molecule has 0 saturated carbocycles. The number of hydrogen-bond donors (Lipinski definition) is 1. The number of carboxylic acids is 1. The Labute approximate surface area is 136 Å². The highest BCUT2D eigenvalue weighted by Gasteiger charge is 2.24. The topological polar surface area (TPSA) is 95.0 Å². The fourth-order valence-electron chi connectivity index (χ4n) is 2.18. The number of aliphatic carboxylic acids is 1. The number of likely N-dealkylation sites (N-methyl/N-ethyl adjacent to an activating group) is 1. The monoisotopic (exact) mass is 342 g/mol. The van der Waals surface area contributed by atoms with Crippen molar-refractivity contribution in [1.29, 1.82) is 0 Å². The first-order valence-corrected chi connectivity index (χ1v) is 8.83. The third-order valence-corrected chi connectivity index (χ3v) is 5.47. The standard InChI is InChI=1S/C15H22N2O5S/c1-4-16(11-14(18)19)15(20)12-8-7-9-13(10-12)23(21,22)17(5-2)6-3/h7-10H,4-6,11H2,1-3H3,(H,18,19). The van der Waals surface area contributed by atoms with Gasteiger partial charge in [-0.2, -0.15) is 4.31 Å². The predicted molar refractivity (Wildman–Crippen MR) is 85.8 cm³/mol. The van der Waals surface area contributed by atoms with Gasteiger partial charge in [0.25, 0.3) is 5.91 Å². The molecule has 0 unspecified atom stereocenters. The van der Waals surface area contributed by atoms with Gasteiger partial charge in [0.15, 0.2) is 0 Å². The van der Waals surface area contributed by atoms with Crippen molar-refractivity contribution in [3.63, 3.8) is 0 Å². The molecule has 1 aromatic rings. The predicted octanol–water partition coefficient (Wildman–Crippen LogP) is 1.26. The van der Waals surface area contributed by atoms with Gasteiger partial charge < -0.3 is 10.0 Å². The first-order chi connectivity index (χ1) is 10.8. The molecule has 0 aliphatic rings. The van der Waals surface area contributed by atoms with Gasteiger partial charge in [-0.3, -0.25) is 9.59 Å². The van der Waals surface area contributed by atoms with Gasteiger partial charge in [-0.25, -0.2) is 8.42 Å². The Kier molecular flexibility index (Phi) is 6.71. The average molecular weight is 342 g/mol. The number of benzene rings is 1. The summed E-state index contributed by atoms with van der Waals surface area (Å²) in [5.41, 5.74) is 0.154. The van der Waals surface area contributed by atoms with E-state index in [1.165, 1.54) is 28.6 Å². The maximum Gasteiger partial charge on any atom is 0.323 e. The summed E-state index contributed by atoms with van der Waals surface area (Å²) in [5, 5.41) is 8.83. The highest BCUT2D eigenvalue weighted by molar-refractivity contribution is 7.89. The number of carbonyl (C=O) groups is 2. The second kappa shape index (κ2) is 8.07. The van der Waals surface area contributed by atoms with E-state index in [0.717, 1.165) is 4.90 Å². The molecular weight excluding hydrogens is 320 g/mol. The molecule has 8 heteroatoms. The Morgan fingerprint density at radius 3 is 2.17 bits per heavy atom. The number of hydrogen-bond acceptors (Lipinski definition) is 4. The number of amides is 1. The van der Waals surface area contributed by atoms with Crippen LogP contribution < -0.4 is 0 Å². The first kappa shape index (κ1) is 19.1. The van der Waals surface area contributed by atoms with E-state index < -0.39 is 28.4 Å². The van der Waals surface area contributed by atoms with Crippen molar-refractivity contribution in [2.75, 3.05) is 26.2 Å². The van der Waals surface area contributed by atoms with Crippen LogP contribution in [0.4, 0.5) is 0 Å². The van der Waals surface area contributed by atoms with Crippen molar-refractivity contribution >= 4 is 21.9 Å². The fourth-order valence-corrected chi connectivity index (χ4v) is 3.68. The molecule has 1 rings (SSSR count). The molecule has 0 heterocycles. The van der Waals surface area contributed by atoms with Crippen molar-refractivity contribution in [3.05, 3.63) is 29.8 Å². The Hall–Kier alpha value is -1.93. The van der Waals surface area contributed by atoms with Gasteiger partial charge in [0, 0.05) is 25.2 Å². The van der Waals surface area contributed by atoms with Crippen molar-refractivity contribution in [2.24, 2.45) is 0 Å². The SMILES string of the molecule is CCN(CC(=O)O)C(=O)c1cccc(S(=O)(=O)N(CC)CC)c1. The lowest BCUT2D eigenvalue weighted by Gasteiger charge is -2.21. The zero-order valence-electron chi connectivity index (χ0n) is 13.5. The van der Waals surface area contributed by atoms with E-state index >= 15 is 0 Å². The third-order valence-electron chi connectivity index (χ3n) is 3.42. The third kappa shape index (κ3) is 4.52. The molecule has 0 aliphatic carbocycles. The largest absolute Gasteiger partial charge is 0.480 e. The van der Waals surface area contributed by atoms with Gasteiger partial charge in [-0.1, -0.05) is 19.9 Å². The summed E-state index contributed by atoms with van der Waals surface area (Å²) in [4.78, 5) is 24.3. The summed E-state index contributed by atoms with van der Waals surface area (Å²) < 4.78 is 26.3. The highest BCUT2D eigenvalue weighted by Crippen LogP contribution is 2.18. The van der Waals surface area contributed by atoms with Crippen LogP contribution in [-0.4, -0.2) is 60.8 Å². The van der Waals surface area contributed by atoms with Gasteiger partial charge >= 0.3 is 5.97 Å². The quantitative estimate of drug-likeness (QED) is 0.767. The second-order valence-corrected chi connectivity index (χ2v) is 6.77. The Morgan fingerprint density at radius 1 is 1.09 bits per heavy atom. The van der Waals surface area contributed by atoms with E-state index in [-0.39, 0.29) is 17.0 Å². The lowest BCUT2D eigenvalue weighted by atomic mass is 10.2. The van der Waals surface area contributed by atoms with Crippen molar-refractivity contribution < 1.29 is 23.1 Å². The van der Waals surface area contributed by atoms with Gasteiger partial charge in [0.05, 0.1) is 4.90 Å². The molecule has 1 aromatic carbocycles. The van der Waals surface area contributed by atoms with E-state index in [2.05, 4.69) is 0 Å². The van der Waals surface area contributed by atoms with Crippen LogP contribution in [0.5, 0.6) is 0 Å². The zero-order valence-corrected chi connectivity index (χ0v) is 14.3. The normalized spacial score (nSPS) is 11.5. The van der Waals surface area contributed by atoms with Crippen LogP contribution in [-0.2, 0) is 14.8 Å². The van der Waals surface area contributed by atoms with Crippen LogP contribution in [0.25, 0.3) is 0 Å². The minimum absolute atomic E-state index is 0.0263. The minimum atomic E-state index is -3.67. The van der Waals surface area contributed by atoms with Gasteiger partial charge in [0.1, 0.15) is 6.54 Å². The maximum atomic E-state index is 12.5. The summed E-state index contributed by atoms with van der Waals surface area (Å²) in [5.74, 6) is -1.63. The highest BCUT2D eigenvalue weighted by atomic mass is 32.2. The van der Waals surface area contributed by atoms with Crippen LogP contribution in [0.3, 0.4) is 0 Å². The summed E-state index contributed by atoms with van der Waals surface area (Å²) in [6, 6.07) is 5.69. The molecule has 0 bridgehead atoms.